The molecule has 0 aromatic carbocycles. The van der Waals surface area contributed by atoms with Crippen molar-refractivity contribution in [1.82, 2.24) is 0 Å². The SMILES string of the molecule is C=CCCC#CC(C)(C)OP(C)(=O)O. The predicted molar refractivity (Wildman–Crippen MR) is 58.1 cm³/mol. The first kappa shape index (κ1) is 13.4. The Balaban J connectivity index is 4.23. The number of unbranched alkanes of at least 4 members (excludes halogenated alkanes) is 1. The normalized spacial score (nSPS) is 15.1. The van der Waals surface area contributed by atoms with Gasteiger partial charge in [-0.25, -0.2) is 0 Å². The Hall–Kier alpha value is -0.550. The van der Waals surface area contributed by atoms with Gasteiger partial charge in [-0.05, 0) is 20.3 Å². The lowest BCUT2D eigenvalue weighted by Gasteiger charge is -2.20. The van der Waals surface area contributed by atoms with Gasteiger partial charge in [0, 0.05) is 13.1 Å². The van der Waals surface area contributed by atoms with Gasteiger partial charge in [0.15, 0.2) is 0 Å². The van der Waals surface area contributed by atoms with Gasteiger partial charge >= 0.3 is 7.60 Å². The number of hydrogen-bond acceptors (Lipinski definition) is 2. The monoisotopic (exact) mass is 216 g/mol. The Bertz CT molecular complexity index is 290. The molecule has 0 aromatic rings. The van der Waals surface area contributed by atoms with Crippen molar-refractivity contribution in [2.45, 2.75) is 32.3 Å². The summed E-state index contributed by atoms with van der Waals surface area (Å²) in [6.07, 6.45) is 3.28. The number of allylic oxidation sites excluding steroid dienone is 1. The summed E-state index contributed by atoms with van der Waals surface area (Å²) >= 11 is 0. The molecule has 0 aliphatic heterocycles. The lowest BCUT2D eigenvalue weighted by atomic mass is 10.1. The fourth-order valence-corrected chi connectivity index (χ4v) is 1.79. The summed E-state index contributed by atoms with van der Waals surface area (Å²) in [6, 6.07) is 0. The molecule has 0 saturated heterocycles. The lowest BCUT2D eigenvalue weighted by molar-refractivity contribution is 0.150. The molecule has 0 rings (SSSR count). The second-order valence-electron chi connectivity index (χ2n) is 3.53. The lowest BCUT2D eigenvalue weighted by Crippen LogP contribution is -2.20. The summed E-state index contributed by atoms with van der Waals surface area (Å²) in [7, 11) is -3.47. The van der Waals surface area contributed by atoms with Crippen LogP contribution in [0, 0.1) is 11.8 Å². The van der Waals surface area contributed by atoms with Crippen molar-refractivity contribution >= 4 is 7.60 Å². The second kappa shape index (κ2) is 5.36. The quantitative estimate of drug-likeness (QED) is 0.340. The van der Waals surface area contributed by atoms with Gasteiger partial charge in [-0.2, -0.15) is 0 Å². The van der Waals surface area contributed by atoms with Gasteiger partial charge in [0.2, 0.25) is 0 Å². The van der Waals surface area contributed by atoms with Crippen LogP contribution in [-0.2, 0) is 9.09 Å². The van der Waals surface area contributed by atoms with Gasteiger partial charge in [0.25, 0.3) is 0 Å². The average Bonchev–Trinajstić information content (AvgIpc) is 1.93. The van der Waals surface area contributed by atoms with E-state index < -0.39 is 13.2 Å². The van der Waals surface area contributed by atoms with Crippen LogP contribution in [0.3, 0.4) is 0 Å². The Morgan fingerprint density at radius 2 is 2.21 bits per heavy atom. The third-order valence-electron chi connectivity index (χ3n) is 1.26. The van der Waals surface area contributed by atoms with Crippen molar-refractivity contribution in [3.63, 3.8) is 0 Å². The Labute approximate surface area is 85.7 Å². The van der Waals surface area contributed by atoms with E-state index in [-0.39, 0.29) is 0 Å². The predicted octanol–water partition coefficient (Wildman–Crippen LogP) is 2.57. The topological polar surface area (TPSA) is 46.5 Å². The van der Waals surface area contributed by atoms with Gasteiger partial charge in [-0.3, -0.25) is 9.09 Å². The minimum Gasteiger partial charge on any atom is -0.324 e. The standard InChI is InChI=1S/C10H17O3P/c1-5-6-7-8-9-10(2,3)13-14(4,11)12/h5H,1,6-7H2,2-4H3,(H,11,12). The third kappa shape index (κ3) is 8.07. The highest BCUT2D eigenvalue weighted by Gasteiger charge is 2.24. The molecule has 0 aliphatic rings. The second-order valence-corrected chi connectivity index (χ2v) is 5.32. The van der Waals surface area contributed by atoms with Crippen molar-refractivity contribution in [1.29, 1.82) is 0 Å². The number of hydrogen-bond donors (Lipinski definition) is 1. The van der Waals surface area contributed by atoms with Gasteiger partial charge in [-0.15, -0.1) is 6.58 Å². The summed E-state index contributed by atoms with van der Waals surface area (Å²) < 4.78 is 15.9. The summed E-state index contributed by atoms with van der Waals surface area (Å²) in [4.78, 5) is 9.01. The molecule has 0 amide bonds. The van der Waals surface area contributed by atoms with Gasteiger partial charge in [-0.1, -0.05) is 17.9 Å². The largest absolute Gasteiger partial charge is 0.326 e. The molecule has 0 bridgehead atoms. The zero-order valence-corrected chi connectivity index (χ0v) is 9.80. The summed E-state index contributed by atoms with van der Waals surface area (Å²) in [5, 5.41) is 0. The van der Waals surface area contributed by atoms with Crippen LogP contribution < -0.4 is 0 Å². The average molecular weight is 216 g/mol. The van der Waals surface area contributed by atoms with Crippen LogP contribution in [0.1, 0.15) is 26.7 Å². The maximum Gasteiger partial charge on any atom is 0.326 e. The highest BCUT2D eigenvalue weighted by molar-refractivity contribution is 7.51. The van der Waals surface area contributed by atoms with E-state index in [0.717, 1.165) is 13.1 Å². The van der Waals surface area contributed by atoms with Crippen molar-refractivity contribution in [3.8, 4) is 11.8 Å². The minimum absolute atomic E-state index is 0.690. The molecule has 0 aliphatic carbocycles. The van der Waals surface area contributed by atoms with Crippen LogP contribution >= 0.6 is 7.60 Å². The summed E-state index contributed by atoms with van der Waals surface area (Å²) in [5.41, 5.74) is -0.875. The fourth-order valence-electron chi connectivity index (χ4n) is 0.896. The highest BCUT2D eigenvalue weighted by atomic mass is 31.2. The Morgan fingerprint density at radius 3 is 2.64 bits per heavy atom. The van der Waals surface area contributed by atoms with Crippen molar-refractivity contribution in [3.05, 3.63) is 12.7 Å². The van der Waals surface area contributed by atoms with E-state index in [1.807, 2.05) is 0 Å². The maximum atomic E-state index is 11.0. The third-order valence-corrected chi connectivity index (χ3v) is 2.06. The number of rotatable bonds is 4. The van der Waals surface area contributed by atoms with E-state index >= 15 is 0 Å². The first-order chi connectivity index (χ1) is 6.27. The van der Waals surface area contributed by atoms with Gasteiger partial charge in [0.1, 0.15) is 5.60 Å². The molecule has 3 nitrogen and oxygen atoms in total. The van der Waals surface area contributed by atoms with Crippen LogP contribution in [-0.4, -0.2) is 17.2 Å². The molecule has 1 atom stereocenters. The first-order valence-corrected chi connectivity index (χ1v) is 6.41. The molecule has 14 heavy (non-hydrogen) atoms. The van der Waals surface area contributed by atoms with Crippen LogP contribution in [0.4, 0.5) is 0 Å². The van der Waals surface area contributed by atoms with Gasteiger partial charge < -0.3 is 4.89 Å². The Kier molecular flexibility index (Phi) is 5.15. The van der Waals surface area contributed by atoms with Crippen LogP contribution in [0.25, 0.3) is 0 Å². The summed E-state index contributed by atoms with van der Waals surface area (Å²) in [6.45, 7) is 8.06. The minimum atomic E-state index is -3.47. The first-order valence-electron chi connectivity index (χ1n) is 4.39. The zero-order chi connectivity index (χ0) is 11.2. The fraction of sp³-hybridized carbons (Fsp3) is 0.600. The van der Waals surface area contributed by atoms with E-state index in [1.165, 1.54) is 0 Å². The van der Waals surface area contributed by atoms with Gasteiger partial charge in [0.05, 0.1) is 0 Å². The van der Waals surface area contributed by atoms with Crippen molar-refractivity contribution < 1.29 is 14.0 Å². The Morgan fingerprint density at radius 1 is 1.64 bits per heavy atom. The maximum absolute atomic E-state index is 11.0. The molecular formula is C10H17O3P. The molecule has 0 heterocycles. The molecule has 0 spiro atoms. The smallest absolute Gasteiger partial charge is 0.324 e. The van der Waals surface area contributed by atoms with E-state index in [1.54, 1.807) is 19.9 Å². The highest BCUT2D eigenvalue weighted by Crippen LogP contribution is 2.41. The molecule has 0 aromatic heterocycles. The van der Waals surface area contributed by atoms with Crippen LogP contribution in [0.5, 0.6) is 0 Å². The molecular weight excluding hydrogens is 199 g/mol. The van der Waals surface area contributed by atoms with Crippen molar-refractivity contribution in [2.24, 2.45) is 0 Å². The van der Waals surface area contributed by atoms with E-state index in [4.69, 9.17) is 9.42 Å². The molecule has 1 N–H and O–H groups in total. The molecule has 0 fully saturated rings. The molecule has 80 valence electrons. The molecule has 4 heteroatoms. The summed E-state index contributed by atoms with van der Waals surface area (Å²) in [5.74, 6) is 5.67. The van der Waals surface area contributed by atoms with Crippen LogP contribution in [0.2, 0.25) is 0 Å². The van der Waals surface area contributed by atoms with Crippen molar-refractivity contribution in [2.75, 3.05) is 6.66 Å². The van der Waals surface area contributed by atoms with E-state index in [0.29, 0.717) is 6.42 Å². The molecule has 0 saturated carbocycles. The van der Waals surface area contributed by atoms with E-state index in [2.05, 4.69) is 18.4 Å². The van der Waals surface area contributed by atoms with Crippen LogP contribution in [0.15, 0.2) is 12.7 Å². The van der Waals surface area contributed by atoms with E-state index in [9.17, 15) is 4.57 Å². The molecule has 1 unspecified atom stereocenters. The zero-order valence-electron chi connectivity index (χ0n) is 8.91. The molecule has 0 radical (unpaired) electrons.